The lowest BCUT2D eigenvalue weighted by Gasteiger charge is -2.47. The van der Waals surface area contributed by atoms with Crippen LogP contribution >= 0.6 is 11.3 Å². The monoisotopic (exact) mass is 893 g/mol. The number of imidazole rings is 1. The van der Waals surface area contributed by atoms with E-state index in [1.807, 2.05) is 44.4 Å². The Hall–Kier alpha value is -6.64. The molecule has 2 saturated heterocycles. The number of methoxy groups -OCH3 is 1. The first-order valence-corrected chi connectivity index (χ1v) is 22.1. The molecule has 2 aromatic carbocycles. The molecule has 64 heavy (non-hydrogen) atoms. The van der Waals surface area contributed by atoms with Crippen molar-refractivity contribution in [2.75, 3.05) is 57.3 Å². The van der Waals surface area contributed by atoms with Crippen LogP contribution in [0, 0.1) is 19.3 Å². The number of nitrogens with zero attached hydrogens (tertiary/aromatic N) is 8. The quantitative estimate of drug-likeness (QED) is 0.0552. The van der Waals surface area contributed by atoms with Gasteiger partial charge in [0, 0.05) is 55.9 Å². The van der Waals surface area contributed by atoms with Crippen LogP contribution in [0.25, 0.3) is 21.9 Å². The van der Waals surface area contributed by atoms with Gasteiger partial charge < -0.3 is 35.1 Å². The van der Waals surface area contributed by atoms with Gasteiger partial charge in [-0.3, -0.25) is 24.4 Å². The smallest absolute Gasteiger partial charge is 0.375 e. The van der Waals surface area contributed by atoms with E-state index in [9.17, 15) is 19.2 Å². The molecule has 0 unspecified atom stereocenters. The largest absolute Gasteiger partial charge is 0.492 e. The highest BCUT2D eigenvalue weighted by molar-refractivity contribution is 7.13. The third kappa shape index (κ3) is 8.80. The summed E-state index contributed by atoms with van der Waals surface area (Å²) in [6, 6.07) is 8.11. The average Bonchev–Trinajstić information content (AvgIpc) is 4.10. The molecule has 6 aromatic rings. The molecule has 336 valence electrons. The van der Waals surface area contributed by atoms with Gasteiger partial charge in [0.1, 0.15) is 22.7 Å². The van der Waals surface area contributed by atoms with Crippen LogP contribution in [-0.4, -0.2) is 104 Å². The Kier molecular flexibility index (Phi) is 12.5. The molecule has 6 N–H and O–H groups in total. The number of nitrogens with two attached hydrogens (primary N) is 2. The lowest BCUT2D eigenvalue weighted by atomic mass is 9.79. The second kappa shape index (κ2) is 18.2. The van der Waals surface area contributed by atoms with Crippen LogP contribution in [0.5, 0.6) is 11.5 Å². The summed E-state index contributed by atoms with van der Waals surface area (Å²) in [5, 5.41) is 8.79. The summed E-state index contributed by atoms with van der Waals surface area (Å²) in [4.78, 5) is 66.3. The van der Waals surface area contributed by atoms with Crippen LogP contribution < -0.4 is 36.4 Å². The van der Waals surface area contributed by atoms with E-state index < -0.39 is 17.7 Å². The molecule has 2 aliphatic rings. The normalized spacial score (nSPS) is 14.8. The van der Waals surface area contributed by atoms with Crippen LogP contribution in [0.3, 0.4) is 0 Å². The van der Waals surface area contributed by atoms with E-state index in [0.29, 0.717) is 75.0 Å². The molecule has 8 rings (SSSR count). The van der Waals surface area contributed by atoms with Crippen molar-refractivity contribution in [2.24, 2.45) is 16.9 Å². The van der Waals surface area contributed by atoms with Gasteiger partial charge in [-0.05, 0) is 76.4 Å². The summed E-state index contributed by atoms with van der Waals surface area (Å²) >= 11 is 1.30. The van der Waals surface area contributed by atoms with E-state index in [1.165, 1.54) is 23.2 Å². The first-order valence-electron chi connectivity index (χ1n) is 21.3. The topological polar surface area (TPSA) is 233 Å². The second-order valence-electron chi connectivity index (χ2n) is 16.2. The van der Waals surface area contributed by atoms with Gasteiger partial charge in [-0.25, -0.2) is 14.8 Å². The maximum atomic E-state index is 13.9. The van der Waals surface area contributed by atoms with Crippen molar-refractivity contribution in [1.29, 1.82) is 0 Å². The van der Waals surface area contributed by atoms with E-state index in [-0.39, 0.29) is 41.5 Å². The predicted octanol–water partition coefficient (Wildman–Crippen LogP) is 3.72. The number of amides is 4. The van der Waals surface area contributed by atoms with E-state index in [0.717, 1.165) is 50.7 Å². The number of aromatic nitrogens is 7. The Bertz CT molecular complexity index is 2800. The number of aryl methyl sites for hydroxylation is 4. The highest BCUT2D eigenvalue weighted by Crippen LogP contribution is 2.38. The lowest BCUT2D eigenvalue weighted by Crippen LogP contribution is -2.56. The van der Waals surface area contributed by atoms with Crippen LogP contribution in [0.15, 0.2) is 48.7 Å². The minimum absolute atomic E-state index is 0.197. The second-order valence-corrected chi connectivity index (χ2v) is 17.4. The minimum atomic E-state index is -0.642. The molecule has 2 aliphatic heterocycles. The number of nitrogens with one attached hydrogen (secondary N) is 2. The number of benzene rings is 2. The molecule has 0 radical (unpaired) electrons. The van der Waals surface area contributed by atoms with Crippen molar-refractivity contribution in [3.63, 3.8) is 0 Å². The lowest BCUT2D eigenvalue weighted by molar-refractivity contribution is -0.739. The molecule has 1 spiro atoms. The molecule has 0 saturated carbocycles. The van der Waals surface area contributed by atoms with E-state index in [1.54, 1.807) is 45.9 Å². The first-order chi connectivity index (χ1) is 30.8. The van der Waals surface area contributed by atoms with Gasteiger partial charge in [-0.2, -0.15) is 5.10 Å². The number of carbonyl (C=O) groups is 4. The van der Waals surface area contributed by atoms with E-state index in [2.05, 4.69) is 25.7 Å². The van der Waals surface area contributed by atoms with Gasteiger partial charge in [0.2, 0.25) is 17.8 Å². The number of ether oxygens (including phenoxy) is 3. The standard InChI is InChI=1S/C44H52N12O7S/c1-6-31-38(64-27(4)47-31)42(60)49-43-48-32-19-29(40(46)58)21-35(63-15-10-12-52-23-44(24-52)11-16-62-25-44)37(32)53(43)13-8-9-14-55-36-30(18-28(39(45)57)20-34(36)61-5)22-56(55)51-41(59)33-17-26(3)50-54(33)7-2/h8-9,17-22H,6-7,10-16,23-25H2,1-5H3,(H5-,45,46,48,49,51,57,58,59,60)/p+1/b9-8+. The predicted molar refractivity (Wildman–Crippen MR) is 240 cm³/mol. The van der Waals surface area contributed by atoms with Crippen LogP contribution in [0.4, 0.5) is 5.95 Å². The molecule has 0 atom stereocenters. The van der Waals surface area contributed by atoms with Gasteiger partial charge in [-0.15, -0.1) is 21.4 Å². The Morgan fingerprint density at radius 3 is 2.47 bits per heavy atom. The number of hydrogen-bond acceptors (Lipinski definition) is 12. The fraction of sp³-hybridized carbons (Fsp3) is 0.409. The zero-order valence-electron chi connectivity index (χ0n) is 36.6. The average molecular weight is 894 g/mol. The van der Waals surface area contributed by atoms with Gasteiger partial charge in [0.05, 0.1) is 53.8 Å². The van der Waals surface area contributed by atoms with E-state index >= 15 is 0 Å². The highest BCUT2D eigenvalue weighted by atomic mass is 32.1. The summed E-state index contributed by atoms with van der Waals surface area (Å²) in [6.07, 6.45) is 7.87. The molecule has 6 heterocycles. The fourth-order valence-electron chi connectivity index (χ4n) is 8.60. The van der Waals surface area contributed by atoms with Crippen LogP contribution in [0.1, 0.15) is 84.0 Å². The van der Waals surface area contributed by atoms with Crippen molar-refractivity contribution in [3.8, 4) is 11.5 Å². The Labute approximate surface area is 372 Å². The number of anilines is 1. The number of primary amides is 2. The maximum absolute atomic E-state index is 13.9. The Morgan fingerprint density at radius 2 is 1.77 bits per heavy atom. The van der Waals surface area contributed by atoms with Gasteiger partial charge in [0.25, 0.3) is 5.91 Å². The fourth-order valence-corrected chi connectivity index (χ4v) is 9.50. The molecule has 2 fully saturated rings. The third-order valence-corrected chi connectivity index (χ3v) is 12.6. The molecular weight excluding hydrogens is 841 g/mol. The summed E-state index contributed by atoms with van der Waals surface area (Å²) in [5.41, 5.74) is 18.5. The highest BCUT2D eigenvalue weighted by Gasteiger charge is 2.45. The van der Waals surface area contributed by atoms with Gasteiger partial charge in [0.15, 0.2) is 17.0 Å². The molecule has 0 aliphatic carbocycles. The summed E-state index contributed by atoms with van der Waals surface area (Å²) < 4.78 is 23.0. The molecule has 19 nitrogen and oxygen atoms in total. The molecule has 20 heteroatoms. The zero-order valence-corrected chi connectivity index (χ0v) is 37.4. The molecular formula is C44H53N12O7S+. The number of thiazole rings is 1. The molecule has 0 bridgehead atoms. The number of carbonyl (C=O) groups excluding carboxylic acids is 4. The van der Waals surface area contributed by atoms with Crippen molar-refractivity contribution in [1.82, 2.24) is 34.0 Å². The molecule has 4 amide bonds. The Morgan fingerprint density at radius 1 is 1.00 bits per heavy atom. The minimum Gasteiger partial charge on any atom is -0.492 e. The maximum Gasteiger partial charge on any atom is 0.375 e. The summed E-state index contributed by atoms with van der Waals surface area (Å²) in [5.74, 6) is -1.05. The first kappa shape index (κ1) is 44.0. The van der Waals surface area contributed by atoms with Crippen LogP contribution in [-0.2, 0) is 30.8 Å². The van der Waals surface area contributed by atoms with Gasteiger partial charge >= 0.3 is 5.91 Å². The summed E-state index contributed by atoms with van der Waals surface area (Å²) in [7, 11) is 1.49. The van der Waals surface area contributed by atoms with Crippen molar-refractivity contribution < 1.29 is 38.1 Å². The number of rotatable bonds is 18. The van der Waals surface area contributed by atoms with Gasteiger partial charge in [-0.1, -0.05) is 17.8 Å². The number of hydrogen-bond donors (Lipinski definition) is 4. The number of allylic oxidation sites excluding steroid dienone is 2. The summed E-state index contributed by atoms with van der Waals surface area (Å²) in [6.45, 7) is 13.3. The van der Waals surface area contributed by atoms with E-state index in [4.69, 9.17) is 30.7 Å². The number of fused-ring (bicyclic) bond motifs is 2. The zero-order chi connectivity index (χ0) is 45.3. The third-order valence-electron chi connectivity index (χ3n) is 11.6. The molecule has 4 aromatic heterocycles. The van der Waals surface area contributed by atoms with Crippen LogP contribution in [0.2, 0.25) is 0 Å². The number of likely N-dealkylation sites (tertiary alicyclic amines) is 1. The van der Waals surface area contributed by atoms with Crippen molar-refractivity contribution >= 4 is 62.9 Å². The Balaban J connectivity index is 1.12. The van der Waals surface area contributed by atoms with Crippen molar-refractivity contribution in [2.45, 2.75) is 66.6 Å². The SMILES string of the molecule is CCc1nc(C)sc1C(=O)Nc1nc2cc(C(N)=O)cc(OCCCN3CC4(CCOC4)C3)c2n1C/C=C/C[n+]1c2c(OC)cc(C(N)=O)cc2cn1NC(=O)c1cc(C)nn1CC. The van der Waals surface area contributed by atoms with Crippen molar-refractivity contribution in [3.05, 3.63) is 86.8 Å².